The summed E-state index contributed by atoms with van der Waals surface area (Å²) in [4.78, 5) is 0. The molecule has 6 heteroatoms. The van der Waals surface area contributed by atoms with Crippen LogP contribution in [0.1, 0.15) is 52.7 Å². The van der Waals surface area contributed by atoms with Crippen LogP contribution in [-0.2, 0) is 10.8 Å². The lowest BCUT2D eigenvalue weighted by molar-refractivity contribution is 0.564. The zero-order chi connectivity index (χ0) is 46.4. The van der Waals surface area contributed by atoms with Crippen LogP contribution in [0.3, 0.4) is 0 Å². The molecule has 0 unspecified atom stereocenters. The first-order chi connectivity index (χ1) is 32.9. The summed E-state index contributed by atoms with van der Waals surface area (Å²) in [5, 5.41) is 9.07. The topological polar surface area (TPSA) is 9.86 Å². The Morgan fingerprint density at radius 1 is 0.353 bits per heavy atom. The number of aromatic nitrogens is 2. The normalized spacial score (nSPS) is 12.7. The molecular formula is C62H46F2N2S2. The zero-order valence-corrected chi connectivity index (χ0v) is 40.3. The predicted molar refractivity (Wildman–Crippen MR) is 289 cm³/mol. The van der Waals surface area contributed by atoms with Crippen molar-refractivity contribution in [3.05, 3.63) is 193 Å². The number of rotatable bonds is 4. The van der Waals surface area contributed by atoms with E-state index < -0.39 is 10.8 Å². The first-order valence-electron chi connectivity index (χ1n) is 23.3. The van der Waals surface area contributed by atoms with Gasteiger partial charge < -0.3 is 9.13 Å². The second-order valence-corrected chi connectivity index (χ2v) is 22.4. The number of para-hydroxylation sites is 2. The lowest BCUT2D eigenvalue weighted by atomic mass is 9.71. The Bertz CT molecular complexity index is 4170. The van der Waals surface area contributed by atoms with E-state index in [1.165, 1.54) is 24.9 Å². The molecule has 0 aliphatic rings. The van der Waals surface area contributed by atoms with Crippen LogP contribution in [0.5, 0.6) is 0 Å². The maximum absolute atomic E-state index is 17.7. The molecule has 330 valence electrons. The molecule has 13 rings (SSSR count). The average Bonchev–Trinajstić information content (AvgIpc) is 4.08. The maximum atomic E-state index is 17.7. The van der Waals surface area contributed by atoms with Gasteiger partial charge in [0.05, 0.1) is 33.4 Å². The minimum Gasteiger partial charge on any atom is -0.308 e. The smallest absolute Gasteiger partial charge is 0.131 e. The van der Waals surface area contributed by atoms with Gasteiger partial charge in [0.1, 0.15) is 11.6 Å². The van der Waals surface area contributed by atoms with Gasteiger partial charge in [-0.1, -0.05) is 163 Å². The van der Waals surface area contributed by atoms with Crippen LogP contribution in [0.2, 0.25) is 0 Å². The fourth-order valence-electron chi connectivity index (χ4n) is 11.5. The molecule has 0 N–H and O–H groups in total. The average molecular weight is 921 g/mol. The molecule has 13 aromatic rings. The molecule has 68 heavy (non-hydrogen) atoms. The molecule has 0 saturated carbocycles. The molecule has 0 aliphatic heterocycles. The Morgan fingerprint density at radius 2 is 0.721 bits per heavy atom. The van der Waals surface area contributed by atoms with Crippen LogP contribution in [0.4, 0.5) is 8.78 Å². The molecule has 9 aromatic carbocycles. The van der Waals surface area contributed by atoms with Crippen molar-refractivity contribution in [2.75, 3.05) is 0 Å². The van der Waals surface area contributed by atoms with E-state index in [-0.39, 0.29) is 11.6 Å². The van der Waals surface area contributed by atoms with E-state index in [9.17, 15) is 0 Å². The minimum absolute atomic E-state index is 0.339. The third-order valence-electron chi connectivity index (χ3n) is 14.0. The Kier molecular flexibility index (Phi) is 8.88. The number of thiophene rings is 2. The van der Waals surface area contributed by atoms with E-state index in [2.05, 4.69) is 172 Å². The van der Waals surface area contributed by atoms with E-state index in [1.807, 2.05) is 24.3 Å². The van der Waals surface area contributed by atoms with E-state index >= 15 is 8.78 Å². The van der Waals surface area contributed by atoms with Crippen molar-refractivity contribution in [3.8, 4) is 33.6 Å². The highest BCUT2D eigenvalue weighted by molar-refractivity contribution is 7.26. The van der Waals surface area contributed by atoms with E-state index in [1.54, 1.807) is 46.9 Å². The van der Waals surface area contributed by atoms with Crippen LogP contribution < -0.4 is 0 Å². The number of fused-ring (bicyclic) bond motifs is 14. The molecule has 0 fully saturated rings. The summed E-state index contributed by atoms with van der Waals surface area (Å²) in [6.45, 7) is 13.6. The first kappa shape index (κ1) is 41.1. The first-order valence-corrected chi connectivity index (χ1v) is 25.0. The van der Waals surface area contributed by atoms with Crippen molar-refractivity contribution in [1.29, 1.82) is 0 Å². The fourth-order valence-corrected chi connectivity index (χ4v) is 13.7. The molecular weight excluding hydrogens is 875 g/mol. The number of hydrogen-bond donors (Lipinski definition) is 0. The Balaban J connectivity index is 1.40. The van der Waals surface area contributed by atoms with Crippen molar-refractivity contribution in [2.45, 2.75) is 52.4 Å². The summed E-state index contributed by atoms with van der Waals surface area (Å²) >= 11 is 3.58. The molecule has 0 atom stereocenters. The molecule has 0 saturated heterocycles. The highest BCUT2D eigenvalue weighted by Crippen LogP contribution is 2.56. The number of halogens is 2. The molecule has 0 amide bonds. The summed E-state index contributed by atoms with van der Waals surface area (Å²) in [6, 6.07) is 58.0. The van der Waals surface area contributed by atoms with Gasteiger partial charge in [0.2, 0.25) is 0 Å². The van der Waals surface area contributed by atoms with Crippen LogP contribution in [0, 0.1) is 11.6 Å². The summed E-state index contributed by atoms with van der Waals surface area (Å²) < 4.78 is 45.0. The van der Waals surface area contributed by atoms with Gasteiger partial charge >= 0.3 is 0 Å². The van der Waals surface area contributed by atoms with Crippen LogP contribution in [0.15, 0.2) is 170 Å². The third kappa shape index (κ3) is 5.77. The number of hydrogen-bond acceptors (Lipinski definition) is 2. The highest BCUT2D eigenvalue weighted by atomic mass is 32.1. The number of benzene rings is 9. The SMILES string of the molecule is CC(C)(C)c1c(-c2ccccc2F)c(-n2c3ccccc3c3ccc4sc5ccccc5c4c32)c(-c2ccccc2F)c(C(C)(C)C)c1-n1c2ccccc2c2ccc3sc4ccccc4c3c21. The van der Waals surface area contributed by atoms with Gasteiger partial charge in [0, 0.05) is 84.1 Å². The zero-order valence-electron chi connectivity index (χ0n) is 38.6. The van der Waals surface area contributed by atoms with Crippen molar-refractivity contribution < 1.29 is 8.78 Å². The second kappa shape index (κ2) is 14.7. The van der Waals surface area contributed by atoms with Gasteiger partial charge in [0.25, 0.3) is 0 Å². The van der Waals surface area contributed by atoms with Crippen molar-refractivity contribution in [2.24, 2.45) is 0 Å². The second-order valence-electron chi connectivity index (χ2n) is 20.2. The summed E-state index contributed by atoms with van der Waals surface area (Å²) in [6.07, 6.45) is 0. The van der Waals surface area contributed by atoms with Crippen molar-refractivity contribution >= 4 is 107 Å². The molecule has 0 aliphatic carbocycles. The van der Waals surface area contributed by atoms with Crippen LogP contribution >= 0.6 is 22.7 Å². The summed E-state index contributed by atoms with van der Waals surface area (Å²) in [7, 11) is 0. The quantitative estimate of drug-likeness (QED) is 0.166. The van der Waals surface area contributed by atoms with Gasteiger partial charge in [-0.15, -0.1) is 22.7 Å². The van der Waals surface area contributed by atoms with Gasteiger partial charge in [-0.2, -0.15) is 0 Å². The Hall–Kier alpha value is -7.12. The number of nitrogens with zero attached hydrogens (tertiary/aromatic N) is 2. The predicted octanol–water partition coefficient (Wildman–Crippen LogP) is 18.8. The monoisotopic (exact) mass is 920 g/mol. The lowest BCUT2D eigenvalue weighted by Crippen LogP contribution is -2.26. The summed E-state index contributed by atoms with van der Waals surface area (Å²) in [5.74, 6) is -0.679. The van der Waals surface area contributed by atoms with E-state index in [4.69, 9.17) is 0 Å². The Morgan fingerprint density at radius 3 is 1.15 bits per heavy atom. The Labute approximate surface area is 400 Å². The van der Waals surface area contributed by atoms with Gasteiger partial charge in [0.15, 0.2) is 0 Å². The maximum Gasteiger partial charge on any atom is 0.131 e. The highest BCUT2D eigenvalue weighted by Gasteiger charge is 2.40. The molecule has 0 spiro atoms. The third-order valence-corrected chi connectivity index (χ3v) is 16.3. The van der Waals surface area contributed by atoms with Crippen LogP contribution in [0.25, 0.3) is 118 Å². The van der Waals surface area contributed by atoms with Gasteiger partial charge in [-0.3, -0.25) is 0 Å². The van der Waals surface area contributed by atoms with Crippen molar-refractivity contribution in [1.82, 2.24) is 9.13 Å². The lowest BCUT2D eigenvalue weighted by Gasteiger charge is -2.38. The standard InChI is InChI=1S/C62H46F2N2S2/c1-61(2,3)55-53(39-21-7-13-25-43(39)63)59(65-45-27-15-9-19-35(45)37-31-33-49-51(57(37)65)41-23-11-17-29-47(41)67-49)54(40-22-8-14-26-44(40)64)56(62(4,5)6)60(55)66-46-28-16-10-20-36(46)38-32-34-50-52(58(38)66)42-24-12-18-30-48(42)68-50/h7-34H,1-6H3. The minimum atomic E-state index is -0.610. The van der Waals surface area contributed by atoms with E-state index in [0.29, 0.717) is 11.1 Å². The molecule has 2 nitrogen and oxygen atoms in total. The molecule has 4 heterocycles. The summed E-state index contributed by atoms with van der Waals surface area (Å²) in [5.41, 5.74) is 8.98. The molecule has 4 aromatic heterocycles. The fraction of sp³-hybridized carbons (Fsp3) is 0.129. The molecule has 0 bridgehead atoms. The van der Waals surface area contributed by atoms with Gasteiger partial charge in [-0.25, -0.2) is 8.78 Å². The van der Waals surface area contributed by atoms with Crippen molar-refractivity contribution in [3.63, 3.8) is 0 Å². The van der Waals surface area contributed by atoms with Crippen LogP contribution in [-0.4, -0.2) is 9.13 Å². The largest absolute Gasteiger partial charge is 0.308 e. The van der Waals surface area contributed by atoms with Gasteiger partial charge in [-0.05, 0) is 70.5 Å². The molecule has 0 radical (unpaired) electrons. The van der Waals surface area contributed by atoms with E-state index in [0.717, 1.165) is 92.7 Å².